The van der Waals surface area contributed by atoms with Gasteiger partial charge in [-0.15, -0.1) is 0 Å². The van der Waals surface area contributed by atoms with Crippen LogP contribution in [0.15, 0.2) is 24.3 Å². The average molecular weight is 324 g/mol. The topological polar surface area (TPSA) is 3.24 Å². The van der Waals surface area contributed by atoms with Gasteiger partial charge in [-0.1, -0.05) is 54.9 Å². The Morgan fingerprint density at radius 3 is 2.58 bits per heavy atom. The standard InChI is InChI=1S/C17H26BrN/c1-17(2,3)15-8-6-11-19(12-10-15)16-9-5-4-7-14(16)13-18/h4-5,7,9,15H,6,8,10-13H2,1-3H3. The molecule has 0 bridgehead atoms. The van der Waals surface area contributed by atoms with E-state index >= 15 is 0 Å². The fraction of sp³-hybridized carbons (Fsp3) is 0.647. The van der Waals surface area contributed by atoms with Crippen LogP contribution >= 0.6 is 15.9 Å². The monoisotopic (exact) mass is 323 g/mol. The van der Waals surface area contributed by atoms with Gasteiger partial charge in [0.2, 0.25) is 0 Å². The maximum Gasteiger partial charge on any atom is 0.0407 e. The van der Waals surface area contributed by atoms with E-state index in [4.69, 9.17) is 0 Å². The highest BCUT2D eigenvalue weighted by molar-refractivity contribution is 9.08. The minimum absolute atomic E-state index is 0.449. The zero-order valence-electron chi connectivity index (χ0n) is 12.5. The van der Waals surface area contributed by atoms with Crippen LogP contribution in [0.25, 0.3) is 0 Å². The number of rotatable bonds is 2. The van der Waals surface area contributed by atoms with E-state index < -0.39 is 0 Å². The second-order valence-electron chi connectivity index (χ2n) is 6.74. The summed E-state index contributed by atoms with van der Waals surface area (Å²) >= 11 is 3.61. The van der Waals surface area contributed by atoms with Gasteiger partial charge in [0.05, 0.1) is 0 Å². The lowest BCUT2D eigenvalue weighted by Crippen LogP contribution is -2.26. The van der Waals surface area contributed by atoms with Crippen LogP contribution in [-0.2, 0) is 5.33 Å². The third-order valence-corrected chi connectivity index (χ3v) is 5.03. The molecule has 0 aromatic heterocycles. The molecule has 1 nitrogen and oxygen atoms in total. The van der Waals surface area contributed by atoms with E-state index in [0.717, 1.165) is 11.2 Å². The zero-order valence-corrected chi connectivity index (χ0v) is 14.0. The molecule has 1 unspecified atom stereocenters. The summed E-state index contributed by atoms with van der Waals surface area (Å²) in [5.41, 5.74) is 3.29. The van der Waals surface area contributed by atoms with Gasteiger partial charge in [-0.05, 0) is 42.2 Å². The highest BCUT2D eigenvalue weighted by Gasteiger charge is 2.27. The first-order valence-corrected chi connectivity index (χ1v) is 8.53. The minimum atomic E-state index is 0.449. The number of alkyl halides is 1. The second kappa shape index (κ2) is 6.30. The molecular weight excluding hydrogens is 298 g/mol. The number of hydrogen-bond donors (Lipinski definition) is 0. The first-order chi connectivity index (χ1) is 9.02. The van der Waals surface area contributed by atoms with E-state index in [0.29, 0.717) is 5.41 Å². The van der Waals surface area contributed by atoms with Crippen LogP contribution in [-0.4, -0.2) is 13.1 Å². The van der Waals surface area contributed by atoms with Crippen molar-refractivity contribution >= 4 is 21.6 Å². The Morgan fingerprint density at radius 1 is 1.16 bits per heavy atom. The van der Waals surface area contributed by atoms with Gasteiger partial charge in [0.15, 0.2) is 0 Å². The van der Waals surface area contributed by atoms with Gasteiger partial charge in [-0.2, -0.15) is 0 Å². The fourth-order valence-corrected chi connectivity index (χ4v) is 3.61. The number of para-hydroxylation sites is 1. The van der Waals surface area contributed by atoms with E-state index in [9.17, 15) is 0 Å². The normalized spacial score (nSPS) is 21.3. The number of anilines is 1. The molecule has 0 N–H and O–H groups in total. The van der Waals surface area contributed by atoms with Crippen molar-refractivity contribution in [1.29, 1.82) is 0 Å². The molecule has 1 heterocycles. The van der Waals surface area contributed by atoms with Gasteiger partial charge in [0.1, 0.15) is 0 Å². The van der Waals surface area contributed by atoms with Crippen LogP contribution in [0, 0.1) is 11.3 Å². The van der Waals surface area contributed by atoms with Crippen molar-refractivity contribution in [2.24, 2.45) is 11.3 Å². The fourth-order valence-electron chi connectivity index (χ4n) is 3.14. The molecule has 1 fully saturated rings. The molecule has 0 aliphatic carbocycles. The van der Waals surface area contributed by atoms with Crippen LogP contribution < -0.4 is 4.90 Å². The highest BCUT2D eigenvalue weighted by atomic mass is 79.9. The second-order valence-corrected chi connectivity index (χ2v) is 7.30. The van der Waals surface area contributed by atoms with Crippen molar-refractivity contribution in [2.45, 2.75) is 45.4 Å². The summed E-state index contributed by atoms with van der Waals surface area (Å²) in [6, 6.07) is 8.80. The molecule has 2 heteroatoms. The predicted octanol–water partition coefficient (Wildman–Crippen LogP) is 5.23. The molecule has 106 valence electrons. The largest absolute Gasteiger partial charge is 0.371 e. The molecule has 1 aromatic rings. The molecule has 0 saturated carbocycles. The quantitative estimate of drug-likeness (QED) is 0.673. The molecule has 19 heavy (non-hydrogen) atoms. The van der Waals surface area contributed by atoms with Crippen LogP contribution in [0.3, 0.4) is 0 Å². The summed E-state index contributed by atoms with van der Waals surface area (Å²) in [5, 5.41) is 0.947. The van der Waals surface area contributed by atoms with Crippen molar-refractivity contribution in [3.63, 3.8) is 0 Å². The molecule has 1 aliphatic heterocycles. The Kier molecular flexibility index (Phi) is 4.94. The average Bonchev–Trinajstić information content (AvgIpc) is 2.64. The molecular formula is C17H26BrN. The zero-order chi connectivity index (χ0) is 13.9. The Bertz CT molecular complexity index is 408. The van der Waals surface area contributed by atoms with Crippen molar-refractivity contribution in [1.82, 2.24) is 0 Å². The van der Waals surface area contributed by atoms with Gasteiger partial charge >= 0.3 is 0 Å². The third-order valence-electron chi connectivity index (χ3n) is 4.43. The molecule has 1 saturated heterocycles. The summed E-state index contributed by atoms with van der Waals surface area (Å²) < 4.78 is 0. The Labute approximate surface area is 126 Å². The SMILES string of the molecule is CC(C)(C)C1CCCN(c2ccccc2CBr)CC1. The van der Waals surface area contributed by atoms with Gasteiger partial charge in [0, 0.05) is 24.1 Å². The number of benzene rings is 1. The van der Waals surface area contributed by atoms with E-state index in [2.05, 4.69) is 65.9 Å². The molecule has 0 amide bonds. The van der Waals surface area contributed by atoms with Crippen LogP contribution in [0.5, 0.6) is 0 Å². The molecule has 1 atom stereocenters. The molecule has 1 aliphatic rings. The summed E-state index contributed by atoms with van der Waals surface area (Å²) in [6.45, 7) is 9.57. The van der Waals surface area contributed by atoms with Crippen LogP contribution in [0.1, 0.15) is 45.6 Å². The van der Waals surface area contributed by atoms with E-state index in [1.54, 1.807) is 0 Å². The first-order valence-electron chi connectivity index (χ1n) is 7.41. The summed E-state index contributed by atoms with van der Waals surface area (Å²) in [4.78, 5) is 2.59. The maximum atomic E-state index is 3.61. The smallest absolute Gasteiger partial charge is 0.0407 e. The van der Waals surface area contributed by atoms with Crippen LogP contribution in [0.2, 0.25) is 0 Å². The predicted molar refractivity (Wildman–Crippen MR) is 88.1 cm³/mol. The van der Waals surface area contributed by atoms with Gasteiger partial charge < -0.3 is 4.90 Å². The Balaban J connectivity index is 2.11. The number of nitrogens with zero attached hydrogens (tertiary/aromatic N) is 1. The van der Waals surface area contributed by atoms with Crippen molar-refractivity contribution < 1.29 is 0 Å². The molecule has 2 rings (SSSR count). The molecule has 1 aromatic carbocycles. The van der Waals surface area contributed by atoms with Crippen LogP contribution in [0.4, 0.5) is 5.69 Å². The summed E-state index contributed by atoms with van der Waals surface area (Å²) in [5.74, 6) is 0.855. The number of halogens is 1. The Hall–Kier alpha value is -0.500. The molecule has 0 radical (unpaired) electrons. The summed E-state index contributed by atoms with van der Waals surface area (Å²) in [7, 11) is 0. The van der Waals surface area contributed by atoms with E-state index in [-0.39, 0.29) is 0 Å². The lowest BCUT2D eigenvalue weighted by molar-refractivity contribution is 0.220. The lowest BCUT2D eigenvalue weighted by Gasteiger charge is -2.30. The van der Waals surface area contributed by atoms with Gasteiger partial charge in [0.25, 0.3) is 0 Å². The van der Waals surface area contributed by atoms with Crippen molar-refractivity contribution in [3.8, 4) is 0 Å². The Morgan fingerprint density at radius 2 is 1.89 bits per heavy atom. The molecule has 0 spiro atoms. The highest BCUT2D eigenvalue weighted by Crippen LogP contribution is 2.35. The summed E-state index contributed by atoms with van der Waals surface area (Å²) in [6.07, 6.45) is 4.01. The maximum absolute atomic E-state index is 3.61. The van der Waals surface area contributed by atoms with Crippen molar-refractivity contribution in [3.05, 3.63) is 29.8 Å². The first kappa shape index (κ1) is 14.9. The third kappa shape index (κ3) is 3.75. The number of hydrogen-bond acceptors (Lipinski definition) is 1. The van der Waals surface area contributed by atoms with Gasteiger partial charge in [-0.25, -0.2) is 0 Å². The van der Waals surface area contributed by atoms with E-state index in [1.165, 1.54) is 43.6 Å². The van der Waals surface area contributed by atoms with E-state index in [1.807, 2.05) is 0 Å². The lowest BCUT2D eigenvalue weighted by atomic mass is 9.77. The minimum Gasteiger partial charge on any atom is -0.371 e. The van der Waals surface area contributed by atoms with Gasteiger partial charge in [-0.3, -0.25) is 0 Å². The van der Waals surface area contributed by atoms with Crippen molar-refractivity contribution in [2.75, 3.05) is 18.0 Å².